The molecule has 0 heterocycles. The first kappa shape index (κ1) is 35.2. The number of ether oxygens (including phenoxy) is 2. The molecule has 2 amide bonds. The van der Waals surface area contributed by atoms with Crippen LogP contribution in [0.25, 0.3) is 0 Å². The van der Waals surface area contributed by atoms with Crippen molar-refractivity contribution < 1.29 is 33.8 Å². The van der Waals surface area contributed by atoms with Crippen molar-refractivity contribution in [3.63, 3.8) is 0 Å². The van der Waals surface area contributed by atoms with Crippen LogP contribution in [-0.4, -0.2) is 72.8 Å². The Kier molecular flexibility index (Phi) is 23.3. The van der Waals surface area contributed by atoms with Gasteiger partial charge in [0.2, 0.25) is 11.8 Å². The summed E-state index contributed by atoms with van der Waals surface area (Å²) >= 11 is 1.34. The van der Waals surface area contributed by atoms with Gasteiger partial charge in [0.15, 0.2) is 6.04 Å². The van der Waals surface area contributed by atoms with E-state index in [0.29, 0.717) is 12.2 Å². The molecule has 0 spiro atoms. The lowest BCUT2D eigenvalue weighted by Crippen LogP contribution is -2.53. The number of methoxy groups -OCH3 is 1. The molecule has 0 aliphatic heterocycles. The van der Waals surface area contributed by atoms with Gasteiger partial charge in [-0.15, -0.1) is 0 Å². The minimum absolute atomic E-state index is 0.219. The maximum Gasteiger partial charge on any atom is 0.330 e. The number of aliphatic hydroxyl groups is 1. The summed E-state index contributed by atoms with van der Waals surface area (Å²) in [7, 11) is 1.15. The highest BCUT2D eigenvalue weighted by molar-refractivity contribution is 7.99. The van der Waals surface area contributed by atoms with Gasteiger partial charge in [0.25, 0.3) is 0 Å². The van der Waals surface area contributed by atoms with Crippen molar-refractivity contribution in [2.24, 2.45) is 0 Å². The van der Waals surface area contributed by atoms with Gasteiger partial charge in [-0.05, 0) is 6.42 Å². The van der Waals surface area contributed by atoms with Gasteiger partial charge in [0.1, 0.15) is 12.6 Å². The Morgan fingerprint density at radius 2 is 1.35 bits per heavy atom. The number of unbranched alkanes of at least 4 members (excludes halogenated alkanes) is 12. The van der Waals surface area contributed by atoms with Gasteiger partial charge in [-0.2, -0.15) is 11.8 Å². The number of hydrogen-bond donors (Lipinski definition) is 3. The molecule has 0 radical (unpaired) electrons. The SMILES string of the molecule is CCCCCCCCCCCCCCCC(=O)OCCSC[C@@H](NC(C)=O)C(=O)N[C@@H](CO)C(=O)OC. The van der Waals surface area contributed by atoms with Crippen LogP contribution in [0.4, 0.5) is 0 Å². The molecular weight excluding hydrogens is 496 g/mol. The third-order valence-corrected chi connectivity index (χ3v) is 6.96. The predicted molar refractivity (Wildman–Crippen MR) is 147 cm³/mol. The van der Waals surface area contributed by atoms with Gasteiger partial charge in [0, 0.05) is 24.9 Å². The van der Waals surface area contributed by atoms with Gasteiger partial charge < -0.3 is 25.2 Å². The van der Waals surface area contributed by atoms with Crippen molar-refractivity contribution >= 4 is 35.5 Å². The van der Waals surface area contributed by atoms with E-state index in [-0.39, 0.29) is 18.3 Å². The summed E-state index contributed by atoms with van der Waals surface area (Å²) in [5.74, 6) is -1.31. The molecule has 216 valence electrons. The fourth-order valence-corrected chi connectivity index (χ4v) is 4.64. The normalized spacial score (nSPS) is 12.4. The van der Waals surface area contributed by atoms with Crippen molar-refractivity contribution in [1.29, 1.82) is 0 Å². The second-order valence-corrected chi connectivity index (χ2v) is 10.5. The van der Waals surface area contributed by atoms with Crippen LogP contribution in [0, 0.1) is 0 Å². The summed E-state index contributed by atoms with van der Waals surface area (Å²) in [5.41, 5.74) is 0. The van der Waals surface area contributed by atoms with Crippen LogP contribution in [0.3, 0.4) is 0 Å². The Hall–Kier alpha value is -1.81. The van der Waals surface area contributed by atoms with E-state index < -0.39 is 36.5 Å². The van der Waals surface area contributed by atoms with Crippen LogP contribution in [-0.2, 0) is 28.7 Å². The second-order valence-electron chi connectivity index (χ2n) is 9.31. The monoisotopic (exact) mass is 546 g/mol. The standard InChI is InChI=1S/C27H50N2O7S/c1-4-5-6-7-8-9-10-11-12-13-14-15-16-17-25(32)36-18-19-37-21-24(28-22(2)31)26(33)29-23(20-30)27(34)35-3/h23-24,30H,4-21H2,1-3H3,(H,28,31)(H,29,33)/t23-,24+/m0/s1. The van der Waals surface area contributed by atoms with E-state index in [4.69, 9.17) is 4.74 Å². The number of nitrogens with one attached hydrogen (secondary N) is 2. The number of hydrogen-bond acceptors (Lipinski definition) is 8. The molecule has 0 rings (SSSR count). The second kappa shape index (κ2) is 24.5. The zero-order valence-corrected chi connectivity index (χ0v) is 24.0. The van der Waals surface area contributed by atoms with E-state index in [1.807, 2.05) is 0 Å². The summed E-state index contributed by atoms with van der Waals surface area (Å²) in [4.78, 5) is 47.3. The van der Waals surface area contributed by atoms with Crippen LogP contribution < -0.4 is 10.6 Å². The summed E-state index contributed by atoms with van der Waals surface area (Å²) in [6.45, 7) is 3.13. The molecular formula is C27H50N2O7S. The Balaban J connectivity index is 3.86. The average molecular weight is 547 g/mol. The molecule has 0 unspecified atom stereocenters. The third kappa shape index (κ3) is 20.9. The molecule has 0 bridgehead atoms. The topological polar surface area (TPSA) is 131 Å². The minimum atomic E-state index is -1.20. The largest absolute Gasteiger partial charge is 0.467 e. The van der Waals surface area contributed by atoms with E-state index in [1.165, 1.54) is 82.9 Å². The van der Waals surface area contributed by atoms with Crippen molar-refractivity contribution in [3.05, 3.63) is 0 Å². The summed E-state index contributed by atoms with van der Waals surface area (Å²) in [6, 6.07) is -2.10. The number of amides is 2. The fraction of sp³-hybridized carbons (Fsp3) is 0.852. The van der Waals surface area contributed by atoms with Gasteiger partial charge in [-0.1, -0.05) is 84.0 Å². The van der Waals surface area contributed by atoms with Crippen LogP contribution in [0.1, 0.15) is 104 Å². The van der Waals surface area contributed by atoms with Crippen molar-refractivity contribution in [1.82, 2.24) is 10.6 Å². The van der Waals surface area contributed by atoms with Crippen molar-refractivity contribution in [3.8, 4) is 0 Å². The Morgan fingerprint density at radius 1 is 0.811 bits per heavy atom. The molecule has 0 fully saturated rings. The van der Waals surface area contributed by atoms with Gasteiger partial charge in [-0.3, -0.25) is 14.4 Å². The molecule has 9 nitrogen and oxygen atoms in total. The summed E-state index contributed by atoms with van der Waals surface area (Å²) < 4.78 is 9.78. The molecule has 0 aliphatic carbocycles. The zero-order chi connectivity index (χ0) is 27.7. The number of thioether (sulfide) groups is 1. The molecule has 10 heteroatoms. The highest BCUT2D eigenvalue weighted by Gasteiger charge is 2.26. The third-order valence-electron chi connectivity index (χ3n) is 5.94. The van der Waals surface area contributed by atoms with Crippen LogP contribution in [0.2, 0.25) is 0 Å². The summed E-state index contributed by atoms with van der Waals surface area (Å²) in [5, 5.41) is 14.1. The number of aliphatic hydroxyl groups excluding tert-OH is 1. The molecule has 0 aromatic rings. The van der Waals surface area contributed by atoms with Gasteiger partial charge in [0.05, 0.1) is 13.7 Å². The van der Waals surface area contributed by atoms with Crippen LogP contribution >= 0.6 is 11.8 Å². The molecule has 37 heavy (non-hydrogen) atoms. The Bertz CT molecular complexity index is 634. The highest BCUT2D eigenvalue weighted by atomic mass is 32.2. The van der Waals surface area contributed by atoms with E-state index in [1.54, 1.807) is 0 Å². The molecule has 0 aromatic carbocycles. The average Bonchev–Trinajstić information content (AvgIpc) is 2.88. The van der Waals surface area contributed by atoms with E-state index in [9.17, 15) is 24.3 Å². The van der Waals surface area contributed by atoms with Crippen LogP contribution in [0.5, 0.6) is 0 Å². The van der Waals surface area contributed by atoms with Crippen molar-refractivity contribution in [2.45, 2.75) is 116 Å². The quantitative estimate of drug-likeness (QED) is 0.123. The highest BCUT2D eigenvalue weighted by Crippen LogP contribution is 2.13. The first-order valence-electron chi connectivity index (χ1n) is 13.8. The molecule has 3 N–H and O–H groups in total. The first-order chi connectivity index (χ1) is 17.8. The van der Waals surface area contributed by atoms with Crippen molar-refractivity contribution in [2.75, 3.05) is 31.8 Å². The lowest BCUT2D eigenvalue weighted by molar-refractivity contribution is -0.146. The molecule has 0 aromatic heterocycles. The Morgan fingerprint density at radius 3 is 1.84 bits per heavy atom. The van der Waals surface area contributed by atoms with E-state index >= 15 is 0 Å². The number of carbonyl (C=O) groups is 4. The molecule has 0 aliphatic rings. The van der Waals surface area contributed by atoms with Gasteiger partial charge in [-0.25, -0.2) is 4.79 Å². The molecule has 0 saturated heterocycles. The van der Waals surface area contributed by atoms with E-state index in [0.717, 1.165) is 26.4 Å². The lowest BCUT2D eigenvalue weighted by Gasteiger charge is -2.20. The smallest absolute Gasteiger partial charge is 0.330 e. The minimum Gasteiger partial charge on any atom is -0.467 e. The number of carbonyl (C=O) groups excluding carboxylic acids is 4. The van der Waals surface area contributed by atoms with Gasteiger partial charge >= 0.3 is 11.9 Å². The first-order valence-corrected chi connectivity index (χ1v) is 15.0. The molecule has 0 saturated carbocycles. The lowest BCUT2D eigenvalue weighted by atomic mass is 10.0. The number of rotatable bonds is 24. The summed E-state index contributed by atoms with van der Waals surface area (Å²) in [6.07, 6.45) is 16.7. The van der Waals surface area contributed by atoms with Crippen LogP contribution in [0.15, 0.2) is 0 Å². The number of esters is 2. The zero-order valence-electron chi connectivity index (χ0n) is 23.2. The maximum atomic E-state index is 12.4. The predicted octanol–water partition coefficient (Wildman–Crippen LogP) is 3.90. The Labute approximate surface area is 227 Å². The fourth-order valence-electron chi connectivity index (χ4n) is 3.80. The molecule has 2 atom stereocenters. The van der Waals surface area contributed by atoms with E-state index in [2.05, 4.69) is 22.3 Å². The maximum absolute atomic E-state index is 12.4.